The lowest BCUT2D eigenvalue weighted by Gasteiger charge is -2.10. The number of ether oxygens (including phenoxy) is 1. The van der Waals surface area contributed by atoms with Crippen LogP contribution in [0.1, 0.15) is 33.7 Å². The molecule has 0 amide bonds. The summed E-state index contributed by atoms with van der Waals surface area (Å²) in [5.74, 6) is 0.0560. The molecule has 4 aromatic rings. The Labute approximate surface area is 174 Å². The van der Waals surface area contributed by atoms with Crippen molar-refractivity contribution in [3.8, 4) is 0 Å². The lowest BCUT2D eigenvalue weighted by atomic mass is 10.2. The number of anilines is 1. The largest absolute Gasteiger partial charge is 0.462 e. The number of esters is 1. The zero-order chi connectivity index (χ0) is 21.1. The number of benzene rings is 1. The molecule has 0 bridgehead atoms. The molecule has 4 rings (SSSR count). The van der Waals surface area contributed by atoms with Crippen LogP contribution < -0.4 is 5.73 Å². The Hall–Kier alpha value is -3.68. The van der Waals surface area contributed by atoms with E-state index < -0.39 is 0 Å². The van der Waals surface area contributed by atoms with Gasteiger partial charge in [-0.2, -0.15) is 0 Å². The lowest BCUT2D eigenvalue weighted by Crippen LogP contribution is -2.11. The van der Waals surface area contributed by atoms with Gasteiger partial charge in [-0.1, -0.05) is 30.3 Å². The number of nitrogen functional groups attached to an aromatic ring is 1. The van der Waals surface area contributed by atoms with Gasteiger partial charge < -0.3 is 19.6 Å². The highest BCUT2D eigenvalue weighted by Crippen LogP contribution is 2.19. The van der Waals surface area contributed by atoms with Crippen LogP contribution in [0.2, 0.25) is 0 Å². The Morgan fingerprint density at radius 2 is 1.93 bits per heavy atom. The zero-order valence-corrected chi connectivity index (χ0v) is 17.1. The minimum absolute atomic E-state index is 0.301. The van der Waals surface area contributed by atoms with Gasteiger partial charge in [0.25, 0.3) is 0 Å². The first-order valence-corrected chi connectivity index (χ1v) is 9.83. The van der Waals surface area contributed by atoms with Crippen molar-refractivity contribution in [2.45, 2.75) is 33.4 Å². The van der Waals surface area contributed by atoms with Crippen molar-refractivity contribution in [2.75, 3.05) is 12.3 Å². The van der Waals surface area contributed by atoms with E-state index in [4.69, 9.17) is 10.5 Å². The number of rotatable bonds is 7. The molecule has 30 heavy (non-hydrogen) atoms. The maximum Gasteiger partial charge on any atom is 0.339 e. The van der Waals surface area contributed by atoms with Crippen molar-refractivity contribution in [2.24, 2.45) is 0 Å². The van der Waals surface area contributed by atoms with E-state index in [1.54, 1.807) is 6.33 Å². The number of aryl methyl sites for hydroxylation is 2. The summed E-state index contributed by atoms with van der Waals surface area (Å²) in [6, 6.07) is 12.1. The van der Waals surface area contributed by atoms with Crippen molar-refractivity contribution in [3.63, 3.8) is 0 Å². The fourth-order valence-corrected chi connectivity index (χ4v) is 3.56. The number of carbonyl (C=O) groups excluding carboxylic acids is 1. The minimum atomic E-state index is -0.301. The standard InChI is InChI=1S/C22H24N6O2/c1-15-11-18(16(2)28(15)12-17-7-4-3-5-8-17)22(29)30-10-6-9-27-14-26-19-20(23)24-13-25-21(19)27/h3-5,7-8,11,13-14H,6,9-10,12H2,1-2H3,(H2,23,24,25). The highest BCUT2D eigenvalue weighted by Gasteiger charge is 2.17. The van der Waals surface area contributed by atoms with Crippen LogP contribution in [-0.2, 0) is 17.8 Å². The van der Waals surface area contributed by atoms with E-state index in [9.17, 15) is 4.79 Å². The summed E-state index contributed by atoms with van der Waals surface area (Å²) < 4.78 is 9.53. The van der Waals surface area contributed by atoms with E-state index in [-0.39, 0.29) is 5.97 Å². The normalized spacial score (nSPS) is 11.1. The fraction of sp³-hybridized carbons (Fsp3) is 0.273. The summed E-state index contributed by atoms with van der Waals surface area (Å²) in [7, 11) is 0. The third-order valence-corrected chi connectivity index (χ3v) is 5.18. The Morgan fingerprint density at radius 1 is 1.13 bits per heavy atom. The second-order valence-corrected chi connectivity index (χ2v) is 7.22. The predicted molar refractivity (Wildman–Crippen MR) is 114 cm³/mol. The highest BCUT2D eigenvalue weighted by atomic mass is 16.5. The number of fused-ring (bicyclic) bond motifs is 1. The summed E-state index contributed by atoms with van der Waals surface area (Å²) >= 11 is 0. The monoisotopic (exact) mass is 404 g/mol. The third-order valence-electron chi connectivity index (χ3n) is 5.18. The van der Waals surface area contributed by atoms with Crippen molar-refractivity contribution in [1.82, 2.24) is 24.1 Å². The molecular formula is C22H24N6O2. The molecule has 0 fully saturated rings. The van der Waals surface area contributed by atoms with Gasteiger partial charge in [-0.25, -0.2) is 19.7 Å². The maximum absolute atomic E-state index is 12.6. The molecule has 0 aliphatic heterocycles. The highest BCUT2D eigenvalue weighted by molar-refractivity contribution is 5.91. The average molecular weight is 404 g/mol. The first-order valence-electron chi connectivity index (χ1n) is 9.83. The first kappa shape index (κ1) is 19.6. The minimum Gasteiger partial charge on any atom is -0.462 e. The molecule has 0 spiro atoms. The molecule has 0 unspecified atom stereocenters. The van der Waals surface area contributed by atoms with Gasteiger partial charge in [-0.3, -0.25) is 0 Å². The van der Waals surface area contributed by atoms with Crippen LogP contribution in [0.5, 0.6) is 0 Å². The number of nitrogens with zero attached hydrogens (tertiary/aromatic N) is 5. The topological polar surface area (TPSA) is 101 Å². The number of carbonyl (C=O) groups is 1. The lowest BCUT2D eigenvalue weighted by molar-refractivity contribution is 0.0495. The Kier molecular flexibility index (Phi) is 5.47. The summed E-state index contributed by atoms with van der Waals surface area (Å²) in [6.07, 6.45) is 3.74. The Morgan fingerprint density at radius 3 is 2.73 bits per heavy atom. The van der Waals surface area contributed by atoms with Gasteiger partial charge in [0.05, 0.1) is 18.5 Å². The second-order valence-electron chi connectivity index (χ2n) is 7.22. The molecule has 0 aliphatic carbocycles. The zero-order valence-electron chi connectivity index (χ0n) is 17.1. The molecule has 0 saturated heterocycles. The fourth-order valence-electron chi connectivity index (χ4n) is 3.56. The molecule has 1 aromatic carbocycles. The van der Waals surface area contributed by atoms with Crippen molar-refractivity contribution in [3.05, 3.63) is 71.6 Å². The van der Waals surface area contributed by atoms with Crippen LogP contribution in [0.25, 0.3) is 11.2 Å². The molecule has 2 N–H and O–H groups in total. The molecule has 0 aliphatic rings. The maximum atomic E-state index is 12.6. The third kappa shape index (κ3) is 3.89. The molecule has 154 valence electrons. The van der Waals surface area contributed by atoms with E-state index in [0.29, 0.717) is 42.1 Å². The van der Waals surface area contributed by atoms with E-state index in [0.717, 1.165) is 17.9 Å². The van der Waals surface area contributed by atoms with Crippen molar-refractivity contribution < 1.29 is 9.53 Å². The van der Waals surface area contributed by atoms with Crippen LogP contribution >= 0.6 is 0 Å². The van der Waals surface area contributed by atoms with Gasteiger partial charge >= 0.3 is 5.97 Å². The van der Waals surface area contributed by atoms with Crippen LogP contribution in [0.3, 0.4) is 0 Å². The van der Waals surface area contributed by atoms with Crippen molar-refractivity contribution in [1.29, 1.82) is 0 Å². The smallest absolute Gasteiger partial charge is 0.339 e. The Bertz CT molecular complexity index is 1180. The van der Waals surface area contributed by atoms with Gasteiger partial charge in [0, 0.05) is 24.5 Å². The predicted octanol–water partition coefficient (Wildman–Crippen LogP) is 3.12. The molecule has 8 heteroatoms. The summed E-state index contributed by atoms with van der Waals surface area (Å²) in [6.45, 7) is 5.61. The van der Waals surface area contributed by atoms with E-state index >= 15 is 0 Å². The summed E-state index contributed by atoms with van der Waals surface area (Å²) in [4.78, 5) is 25.0. The SMILES string of the molecule is Cc1cc(C(=O)OCCCn2cnc3c(N)ncnc32)c(C)n1Cc1ccccc1. The number of nitrogens with two attached hydrogens (primary N) is 1. The van der Waals surface area contributed by atoms with E-state index in [1.165, 1.54) is 11.9 Å². The van der Waals surface area contributed by atoms with Crippen LogP contribution in [0.4, 0.5) is 5.82 Å². The van der Waals surface area contributed by atoms with Crippen LogP contribution in [0.15, 0.2) is 49.1 Å². The van der Waals surface area contributed by atoms with E-state index in [1.807, 2.05) is 42.7 Å². The number of hydrogen-bond acceptors (Lipinski definition) is 6. The quantitative estimate of drug-likeness (QED) is 0.375. The van der Waals surface area contributed by atoms with Gasteiger partial charge in [0.2, 0.25) is 0 Å². The van der Waals surface area contributed by atoms with E-state index in [2.05, 4.69) is 31.7 Å². The van der Waals surface area contributed by atoms with Crippen LogP contribution in [0, 0.1) is 13.8 Å². The molecule has 3 aromatic heterocycles. The molecule has 0 saturated carbocycles. The molecule has 8 nitrogen and oxygen atoms in total. The average Bonchev–Trinajstić information content (AvgIpc) is 3.29. The van der Waals surface area contributed by atoms with Gasteiger partial charge in [-0.05, 0) is 31.9 Å². The summed E-state index contributed by atoms with van der Waals surface area (Å²) in [5.41, 5.74) is 10.8. The number of aromatic nitrogens is 5. The molecule has 0 atom stereocenters. The van der Waals surface area contributed by atoms with Gasteiger partial charge in [-0.15, -0.1) is 0 Å². The van der Waals surface area contributed by atoms with Gasteiger partial charge in [0.1, 0.15) is 11.8 Å². The summed E-state index contributed by atoms with van der Waals surface area (Å²) in [5, 5.41) is 0. The molecular weight excluding hydrogens is 380 g/mol. The van der Waals surface area contributed by atoms with Gasteiger partial charge in [0.15, 0.2) is 11.5 Å². The second kappa shape index (κ2) is 8.36. The van der Waals surface area contributed by atoms with Crippen molar-refractivity contribution >= 4 is 23.0 Å². The number of hydrogen-bond donors (Lipinski definition) is 1. The van der Waals surface area contributed by atoms with Crippen LogP contribution in [-0.4, -0.2) is 36.7 Å². The Balaban J connectivity index is 1.36. The number of imidazole rings is 1. The molecule has 3 heterocycles. The first-order chi connectivity index (χ1) is 14.5. The molecule has 0 radical (unpaired) electrons.